The molecule has 11 heavy (non-hydrogen) atoms. The van der Waals surface area contributed by atoms with Crippen molar-refractivity contribution in [3.8, 4) is 0 Å². The summed E-state index contributed by atoms with van der Waals surface area (Å²) in [5.74, 6) is 0. The van der Waals surface area contributed by atoms with Gasteiger partial charge in [-0.15, -0.1) is 0 Å². The molecule has 0 aromatic heterocycles. The van der Waals surface area contributed by atoms with Crippen LogP contribution < -0.4 is 0 Å². The van der Waals surface area contributed by atoms with E-state index < -0.39 is 6.29 Å². The van der Waals surface area contributed by atoms with E-state index in [9.17, 15) is 0 Å². The Balaban J connectivity index is 3.50. The molecule has 1 atom stereocenters. The van der Waals surface area contributed by atoms with Gasteiger partial charge < -0.3 is 9.84 Å². The lowest BCUT2D eigenvalue weighted by Gasteiger charge is -2.17. The fourth-order valence-corrected chi connectivity index (χ4v) is 1.20. The minimum absolute atomic E-state index is 0.255. The van der Waals surface area contributed by atoms with E-state index in [1.165, 1.54) is 0 Å². The molecule has 0 amide bonds. The number of ether oxygens (including phenoxy) is 1. The van der Waals surface area contributed by atoms with Crippen molar-refractivity contribution >= 4 is 0 Å². The third kappa shape index (κ3) is 6.32. The number of rotatable bonds is 6. The molecule has 1 unspecified atom stereocenters. The van der Waals surface area contributed by atoms with Crippen molar-refractivity contribution in [2.24, 2.45) is 0 Å². The van der Waals surface area contributed by atoms with E-state index in [1.807, 2.05) is 0 Å². The van der Waals surface area contributed by atoms with E-state index in [0.29, 0.717) is 0 Å². The lowest BCUT2D eigenvalue weighted by Crippen LogP contribution is -2.19. The molecular weight excluding hydrogens is 140 g/mol. The van der Waals surface area contributed by atoms with E-state index in [1.54, 1.807) is 6.92 Å². The van der Waals surface area contributed by atoms with Gasteiger partial charge in [-0.3, -0.25) is 0 Å². The van der Waals surface area contributed by atoms with Crippen LogP contribution >= 0.6 is 0 Å². The third-order valence-corrected chi connectivity index (χ3v) is 1.61. The quantitative estimate of drug-likeness (QED) is 0.604. The van der Waals surface area contributed by atoms with Crippen LogP contribution in [0.2, 0.25) is 0 Å². The van der Waals surface area contributed by atoms with Crippen molar-refractivity contribution in [3.05, 3.63) is 0 Å². The second-order valence-electron chi connectivity index (χ2n) is 2.93. The molecule has 0 aromatic rings. The topological polar surface area (TPSA) is 29.5 Å². The summed E-state index contributed by atoms with van der Waals surface area (Å²) in [4.78, 5) is 0. The summed E-state index contributed by atoms with van der Waals surface area (Å²) in [5.41, 5.74) is 0. The summed E-state index contributed by atoms with van der Waals surface area (Å²) in [5, 5.41) is 8.95. The fraction of sp³-hybridized carbons (Fsp3) is 1.00. The Hall–Kier alpha value is -0.0800. The second kappa shape index (κ2) is 6.62. The van der Waals surface area contributed by atoms with Crippen molar-refractivity contribution in [3.63, 3.8) is 0 Å². The van der Waals surface area contributed by atoms with Gasteiger partial charge in [0.25, 0.3) is 0 Å². The number of aliphatic hydroxyl groups is 1. The summed E-state index contributed by atoms with van der Waals surface area (Å²) < 4.78 is 5.29. The zero-order chi connectivity index (χ0) is 8.69. The van der Waals surface area contributed by atoms with Crippen LogP contribution in [0.3, 0.4) is 0 Å². The van der Waals surface area contributed by atoms with E-state index in [-0.39, 0.29) is 6.10 Å². The molecule has 0 spiro atoms. The summed E-state index contributed by atoms with van der Waals surface area (Å²) >= 11 is 0. The van der Waals surface area contributed by atoms with Crippen LogP contribution in [0.5, 0.6) is 0 Å². The molecule has 0 aliphatic rings. The van der Waals surface area contributed by atoms with Gasteiger partial charge in [-0.1, -0.05) is 26.7 Å². The highest BCUT2D eigenvalue weighted by atomic mass is 16.6. The molecule has 0 fully saturated rings. The molecule has 0 aliphatic heterocycles. The van der Waals surface area contributed by atoms with E-state index in [4.69, 9.17) is 9.84 Å². The Morgan fingerprint density at radius 2 is 1.64 bits per heavy atom. The third-order valence-electron chi connectivity index (χ3n) is 1.61. The molecule has 0 aromatic carbocycles. The van der Waals surface area contributed by atoms with E-state index in [2.05, 4.69) is 13.8 Å². The predicted octanol–water partition coefficient (Wildman–Crippen LogP) is 2.31. The molecule has 0 rings (SSSR count). The Labute approximate surface area is 69.6 Å². The van der Waals surface area contributed by atoms with Gasteiger partial charge in [0, 0.05) is 0 Å². The maximum Gasteiger partial charge on any atom is 0.152 e. The Morgan fingerprint density at radius 1 is 1.18 bits per heavy atom. The predicted molar refractivity (Wildman–Crippen MR) is 46.4 cm³/mol. The van der Waals surface area contributed by atoms with Gasteiger partial charge in [-0.05, 0) is 19.8 Å². The molecule has 2 nitrogen and oxygen atoms in total. The molecule has 0 saturated heterocycles. The van der Waals surface area contributed by atoms with E-state index in [0.717, 1.165) is 25.7 Å². The van der Waals surface area contributed by atoms with Crippen LogP contribution in [0.4, 0.5) is 0 Å². The largest absolute Gasteiger partial charge is 0.368 e. The van der Waals surface area contributed by atoms with Crippen LogP contribution in [0.25, 0.3) is 0 Å². The molecule has 0 saturated carbocycles. The first-order valence-corrected chi connectivity index (χ1v) is 4.54. The molecule has 0 radical (unpaired) electrons. The second-order valence-corrected chi connectivity index (χ2v) is 2.93. The van der Waals surface area contributed by atoms with Crippen LogP contribution in [-0.2, 0) is 4.74 Å². The van der Waals surface area contributed by atoms with Crippen molar-refractivity contribution in [2.75, 3.05) is 0 Å². The highest BCUT2D eigenvalue weighted by molar-refractivity contribution is 4.56. The van der Waals surface area contributed by atoms with E-state index >= 15 is 0 Å². The minimum Gasteiger partial charge on any atom is -0.368 e. The molecule has 68 valence electrons. The maximum atomic E-state index is 8.95. The summed E-state index contributed by atoms with van der Waals surface area (Å²) in [6.45, 7) is 5.93. The Bertz CT molecular complexity index is 75.6. The molecule has 2 heteroatoms. The highest BCUT2D eigenvalue weighted by Crippen LogP contribution is 2.10. The van der Waals surface area contributed by atoms with Gasteiger partial charge in [0.05, 0.1) is 6.10 Å². The SMILES string of the molecule is CCCC(CCC)OC(C)O. The summed E-state index contributed by atoms with van der Waals surface area (Å²) in [6.07, 6.45) is 4.00. The van der Waals surface area contributed by atoms with Crippen LogP contribution in [0.1, 0.15) is 46.5 Å². The highest BCUT2D eigenvalue weighted by Gasteiger charge is 2.08. The minimum atomic E-state index is -0.613. The molecule has 0 bridgehead atoms. The van der Waals surface area contributed by atoms with Gasteiger partial charge >= 0.3 is 0 Å². The first-order chi connectivity index (χ1) is 5.20. The number of aliphatic hydroxyl groups excluding tert-OH is 1. The average molecular weight is 160 g/mol. The zero-order valence-electron chi connectivity index (χ0n) is 7.84. The molecule has 1 N–H and O–H groups in total. The van der Waals surface area contributed by atoms with Crippen LogP contribution in [-0.4, -0.2) is 17.5 Å². The Morgan fingerprint density at radius 3 is 1.91 bits per heavy atom. The standard InChI is InChI=1S/C9H20O2/c1-4-6-9(7-5-2)11-8(3)10/h8-10H,4-7H2,1-3H3. The smallest absolute Gasteiger partial charge is 0.152 e. The molecule has 0 heterocycles. The summed E-state index contributed by atoms with van der Waals surface area (Å²) in [6, 6.07) is 0. The lowest BCUT2D eigenvalue weighted by atomic mass is 10.1. The average Bonchev–Trinajstić information content (AvgIpc) is 1.87. The van der Waals surface area contributed by atoms with Crippen LogP contribution in [0, 0.1) is 0 Å². The van der Waals surface area contributed by atoms with Crippen molar-refractivity contribution in [1.82, 2.24) is 0 Å². The van der Waals surface area contributed by atoms with Crippen molar-refractivity contribution in [1.29, 1.82) is 0 Å². The zero-order valence-corrected chi connectivity index (χ0v) is 7.84. The van der Waals surface area contributed by atoms with Gasteiger partial charge in [-0.25, -0.2) is 0 Å². The monoisotopic (exact) mass is 160 g/mol. The summed E-state index contributed by atoms with van der Waals surface area (Å²) in [7, 11) is 0. The lowest BCUT2D eigenvalue weighted by molar-refractivity contribution is -0.127. The van der Waals surface area contributed by atoms with Crippen molar-refractivity contribution < 1.29 is 9.84 Å². The molecule has 0 aliphatic carbocycles. The van der Waals surface area contributed by atoms with Gasteiger partial charge in [0.15, 0.2) is 6.29 Å². The number of hydrogen-bond donors (Lipinski definition) is 1. The maximum absolute atomic E-state index is 8.95. The van der Waals surface area contributed by atoms with Gasteiger partial charge in [-0.2, -0.15) is 0 Å². The molecular formula is C9H20O2. The first kappa shape index (κ1) is 10.9. The number of hydrogen-bond acceptors (Lipinski definition) is 2. The van der Waals surface area contributed by atoms with Crippen molar-refractivity contribution in [2.45, 2.75) is 58.8 Å². The van der Waals surface area contributed by atoms with Gasteiger partial charge in [0.2, 0.25) is 0 Å². The first-order valence-electron chi connectivity index (χ1n) is 4.54. The van der Waals surface area contributed by atoms with Crippen LogP contribution in [0.15, 0.2) is 0 Å². The fourth-order valence-electron chi connectivity index (χ4n) is 1.20. The Kier molecular flexibility index (Phi) is 6.57. The van der Waals surface area contributed by atoms with Gasteiger partial charge in [0.1, 0.15) is 0 Å². The normalized spacial score (nSPS) is 13.9.